The van der Waals surface area contributed by atoms with E-state index in [-0.39, 0.29) is 30.3 Å². The van der Waals surface area contributed by atoms with Crippen LogP contribution in [0.4, 0.5) is 5.69 Å². The van der Waals surface area contributed by atoms with E-state index in [1.165, 1.54) is 23.7 Å². The summed E-state index contributed by atoms with van der Waals surface area (Å²) in [5.41, 5.74) is 6.34. The summed E-state index contributed by atoms with van der Waals surface area (Å²) in [6.45, 7) is 10.1. The van der Waals surface area contributed by atoms with Crippen molar-refractivity contribution < 1.29 is 14.4 Å². The summed E-state index contributed by atoms with van der Waals surface area (Å²) < 4.78 is 1.78. The van der Waals surface area contributed by atoms with Crippen molar-refractivity contribution in [2.75, 3.05) is 44.2 Å². The Morgan fingerprint density at radius 3 is 2.54 bits per heavy atom. The van der Waals surface area contributed by atoms with Crippen LogP contribution in [0, 0.1) is 13.8 Å². The standard InChI is InChI=1S/C28H38N6O3/c1-19-7-4-10-24(20(19)2)31-13-15-32(16-14-31)26(36)18-34-25-11-5-9-23(25)27(30-34)28(37)33-12-6-8-22(17-33)29-21(3)35/h4,7,10,22H,5-6,8-9,11-18H2,1-3H3,(H,29,35). The molecule has 0 spiro atoms. The molecule has 2 aromatic rings. The highest BCUT2D eigenvalue weighted by Gasteiger charge is 2.33. The average Bonchev–Trinajstić information content (AvgIpc) is 3.49. The first-order chi connectivity index (χ1) is 17.8. The molecule has 2 aliphatic heterocycles. The molecule has 1 atom stereocenters. The minimum Gasteiger partial charge on any atom is -0.368 e. The molecule has 0 bridgehead atoms. The Bertz CT molecular complexity index is 1200. The summed E-state index contributed by atoms with van der Waals surface area (Å²) in [7, 11) is 0. The summed E-state index contributed by atoms with van der Waals surface area (Å²) >= 11 is 0. The molecular weight excluding hydrogens is 468 g/mol. The largest absolute Gasteiger partial charge is 0.368 e. The van der Waals surface area contributed by atoms with Crippen molar-refractivity contribution in [2.24, 2.45) is 0 Å². The van der Waals surface area contributed by atoms with Crippen molar-refractivity contribution in [1.82, 2.24) is 24.9 Å². The lowest BCUT2D eigenvalue weighted by Crippen LogP contribution is -2.50. The number of carbonyl (C=O) groups excluding carboxylic acids is 3. The van der Waals surface area contributed by atoms with Crippen LogP contribution in [0.25, 0.3) is 0 Å². The molecule has 2 saturated heterocycles. The molecule has 37 heavy (non-hydrogen) atoms. The number of nitrogens with one attached hydrogen (secondary N) is 1. The minimum absolute atomic E-state index is 0.0193. The zero-order valence-corrected chi connectivity index (χ0v) is 22.3. The molecule has 198 valence electrons. The summed E-state index contributed by atoms with van der Waals surface area (Å²) in [4.78, 5) is 44.3. The third kappa shape index (κ3) is 5.22. The zero-order chi connectivity index (χ0) is 26.1. The maximum Gasteiger partial charge on any atom is 0.274 e. The van der Waals surface area contributed by atoms with Gasteiger partial charge in [0.2, 0.25) is 11.8 Å². The van der Waals surface area contributed by atoms with Crippen LogP contribution >= 0.6 is 0 Å². The quantitative estimate of drug-likeness (QED) is 0.671. The lowest BCUT2D eigenvalue weighted by molar-refractivity contribution is -0.132. The molecule has 1 unspecified atom stereocenters. The van der Waals surface area contributed by atoms with Gasteiger partial charge >= 0.3 is 0 Å². The van der Waals surface area contributed by atoms with E-state index in [1.54, 1.807) is 4.68 Å². The summed E-state index contributed by atoms with van der Waals surface area (Å²) in [5, 5.41) is 7.64. The Kier molecular flexibility index (Phi) is 7.22. The Morgan fingerprint density at radius 2 is 1.78 bits per heavy atom. The van der Waals surface area contributed by atoms with Crippen LogP contribution in [0.2, 0.25) is 0 Å². The van der Waals surface area contributed by atoms with E-state index >= 15 is 0 Å². The number of anilines is 1. The van der Waals surface area contributed by atoms with Crippen LogP contribution in [0.15, 0.2) is 18.2 Å². The number of rotatable bonds is 5. The van der Waals surface area contributed by atoms with E-state index in [0.717, 1.165) is 56.5 Å². The molecule has 9 nitrogen and oxygen atoms in total. The molecule has 9 heteroatoms. The third-order valence-corrected chi connectivity index (χ3v) is 8.16. The maximum absolute atomic E-state index is 13.5. The molecule has 2 fully saturated rings. The van der Waals surface area contributed by atoms with Gasteiger partial charge in [-0.25, -0.2) is 0 Å². The molecule has 5 rings (SSSR count). The number of piperazine rings is 1. The van der Waals surface area contributed by atoms with E-state index < -0.39 is 0 Å². The first-order valence-corrected chi connectivity index (χ1v) is 13.6. The SMILES string of the molecule is CC(=O)NC1CCCN(C(=O)c2nn(CC(=O)N3CCN(c4cccc(C)c4C)CC3)c3c2CCC3)C1. The van der Waals surface area contributed by atoms with Gasteiger partial charge in [0.05, 0.1) is 0 Å². The number of likely N-dealkylation sites (tertiary alicyclic amines) is 1. The summed E-state index contributed by atoms with van der Waals surface area (Å²) in [6.07, 6.45) is 4.37. The first-order valence-electron chi connectivity index (χ1n) is 13.6. The molecule has 1 aromatic carbocycles. The number of hydrogen-bond donors (Lipinski definition) is 1. The number of hydrogen-bond acceptors (Lipinski definition) is 5. The van der Waals surface area contributed by atoms with Gasteiger partial charge in [0.25, 0.3) is 5.91 Å². The number of carbonyl (C=O) groups is 3. The fraction of sp³-hybridized carbons (Fsp3) is 0.571. The summed E-state index contributed by atoms with van der Waals surface area (Å²) in [6, 6.07) is 6.36. The van der Waals surface area contributed by atoms with Crippen molar-refractivity contribution in [3.8, 4) is 0 Å². The lowest BCUT2D eigenvalue weighted by Gasteiger charge is -2.37. The van der Waals surface area contributed by atoms with Crippen LogP contribution in [0.5, 0.6) is 0 Å². The monoisotopic (exact) mass is 506 g/mol. The van der Waals surface area contributed by atoms with Crippen molar-refractivity contribution in [1.29, 1.82) is 0 Å². The van der Waals surface area contributed by atoms with Crippen LogP contribution in [0.1, 0.15) is 59.1 Å². The number of benzene rings is 1. The highest BCUT2D eigenvalue weighted by Crippen LogP contribution is 2.28. The fourth-order valence-electron chi connectivity index (χ4n) is 6.03. The molecule has 3 heterocycles. The molecule has 0 saturated carbocycles. The van der Waals surface area contributed by atoms with Gasteiger partial charge in [0.15, 0.2) is 5.69 Å². The minimum atomic E-state index is -0.0819. The van der Waals surface area contributed by atoms with Gasteiger partial charge in [-0.1, -0.05) is 12.1 Å². The second kappa shape index (κ2) is 10.6. The topological polar surface area (TPSA) is 90.8 Å². The van der Waals surface area contributed by atoms with Gasteiger partial charge in [0, 0.05) is 69.2 Å². The first kappa shape index (κ1) is 25.3. The number of nitrogens with zero attached hydrogens (tertiary/aromatic N) is 5. The highest BCUT2D eigenvalue weighted by atomic mass is 16.2. The van der Waals surface area contributed by atoms with Gasteiger partial charge in [-0.05, 0) is 63.1 Å². The van der Waals surface area contributed by atoms with Gasteiger partial charge in [-0.3, -0.25) is 19.1 Å². The van der Waals surface area contributed by atoms with Crippen LogP contribution in [-0.4, -0.2) is 82.6 Å². The second-order valence-electron chi connectivity index (χ2n) is 10.7. The summed E-state index contributed by atoms with van der Waals surface area (Å²) in [5.74, 6) is -0.0973. The Labute approximate surface area is 218 Å². The van der Waals surface area contributed by atoms with Crippen LogP contribution in [-0.2, 0) is 29.0 Å². The fourth-order valence-corrected chi connectivity index (χ4v) is 6.03. The normalized spacial score (nSPS) is 19.6. The maximum atomic E-state index is 13.5. The van der Waals surface area contributed by atoms with Gasteiger partial charge in [-0.2, -0.15) is 5.10 Å². The average molecular weight is 507 g/mol. The van der Waals surface area contributed by atoms with E-state index in [4.69, 9.17) is 5.10 Å². The number of piperidine rings is 1. The predicted octanol–water partition coefficient (Wildman–Crippen LogP) is 2.08. The van der Waals surface area contributed by atoms with Crippen molar-refractivity contribution >= 4 is 23.4 Å². The van der Waals surface area contributed by atoms with Gasteiger partial charge in [0.1, 0.15) is 6.54 Å². The van der Waals surface area contributed by atoms with Crippen LogP contribution < -0.4 is 10.2 Å². The smallest absolute Gasteiger partial charge is 0.274 e. The molecule has 1 aliphatic carbocycles. The Balaban J connectivity index is 1.24. The van der Waals surface area contributed by atoms with Crippen molar-refractivity contribution in [2.45, 2.75) is 65.5 Å². The molecule has 1 aromatic heterocycles. The number of amides is 3. The van der Waals surface area contributed by atoms with E-state index in [0.29, 0.717) is 31.9 Å². The number of aryl methyl sites for hydroxylation is 1. The number of fused-ring (bicyclic) bond motifs is 1. The lowest BCUT2D eigenvalue weighted by atomic mass is 10.0. The van der Waals surface area contributed by atoms with Crippen LogP contribution in [0.3, 0.4) is 0 Å². The highest BCUT2D eigenvalue weighted by molar-refractivity contribution is 5.94. The third-order valence-electron chi connectivity index (χ3n) is 8.16. The van der Waals surface area contributed by atoms with E-state index in [1.807, 2.05) is 9.80 Å². The van der Waals surface area contributed by atoms with Gasteiger partial charge in [-0.15, -0.1) is 0 Å². The Hall–Kier alpha value is -3.36. The molecule has 3 amide bonds. The van der Waals surface area contributed by atoms with Crippen molar-refractivity contribution in [3.63, 3.8) is 0 Å². The molecule has 0 radical (unpaired) electrons. The zero-order valence-electron chi connectivity index (χ0n) is 22.3. The van der Waals surface area contributed by atoms with Crippen molar-refractivity contribution in [3.05, 3.63) is 46.3 Å². The second-order valence-corrected chi connectivity index (χ2v) is 10.7. The Morgan fingerprint density at radius 1 is 1.00 bits per heavy atom. The van der Waals surface area contributed by atoms with Gasteiger partial charge < -0.3 is 20.0 Å². The molecule has 3 aliphatic rings. The predicted molar refractivity (Wildman–Crippen MR) is 142 cm³/mol. The van der Waals surface area contributed by atoms with E-state index in [9.17, 15) is 14.4 Å². The molecular formula is C28H38N6O3. The molecule has 1 N–H and O–H groups in total. The number of aromatic nitrogens is 2. The van der Waals surface area contributed by atoms with E-state index in [2.05, 4.69) is 42.3 Å².